The summed E-state index contributed by atoms with van der Waals surface area (Å²) in [6.45, 7) is 7.30. The number of ether oxygens (including phenoxy) is 1. The summed E-state index contributed by atoms with van der Waals surface area (Å²) in [5.74, 6) is -2.35. The number of ketones is 1. The molecule has 0 spiro atoms. The number of anilines is 4. The number of Topliss-reactive ketones (excluding diaryl/α,β-unsaturated/α-hetero) is 1. The summed E-state index contributed by atoms with van der Waals surface area (Å²) in [5.41, 5.74) is 22.7. The Balaban J connectivity index is 0.000000140. The maximum atomic E-state index is 14.9. The van der Waals surface area contributed by atoms with E-state index in [1.807, 2.05) is 103 Å². The zero-order valence-electron chi connectivity index (χ0n) is 61.6. The van der Waals surface area contributed by atoms with Crippen LogP contribution in [0.3, 0.4) is 0 Å². The molecule has 1 saturated carbocycles. The van der Waals surface area contributed by atoms with Crippen LogP contribution in [0.4, 0.5) is 35.9 Å². The molecule has 1 fully saturated rings. The molecule has 19 nitrogen and oxygen atoms in total. The lowest BCUT2D eigenvalue weighted by Crippen LogP contribution is -2.30. The zero-order valence-corrected chi connectivity index (χ0v) is 65.5. The summed E-state index contributed by atoms with van der Waals surface area (Å²) >= 11 is 24.7. The number of nitrogens with one attached hydrogen (secondary N) is 1. The van der Waals surface area contributed by atoms with Gasteiger partial charge in [-0.25, -0.2) is 13.2 Å². The molecule has 3 amide bonds. The minimum Gasteiger partial charge on any atom is -0.460 e. The number of aryl methyl sites for hydroxylation is 6. The molecular formula is C83H81Cl5F3N13O6. The number of hydrogen-bond acceptors (Lipinski definition) is 12. The van der Waals surface area contributed by atoms with Gasteiger partial charge < -0.3 is 30.5 Å². The number of fused-ring (bicyclic) bond motifs is 8. The molecule has 0 radical (unpaired) electrons. The van der Waals surface area contributed by atoms with E-state index in [9.17, 15) is 37.1 Å². The summed E-state index contributed by atoms with van der Waals surface area (Å²) in [7, 11) is 7.60. The van der Waals surface area contributed by atoms with Crippen LogP contribution in [0.1, 0.15) is 162 Å². The average Bonchev–Trinajstić information content (AvgIpc) is 1.62. The Morgan fingerprint density at radius 3 is 1.18 bits per heavy atom. The maximum Gasteiger partial charge on any atom is 0.306 e. The monoisotopic (exact) mass is 1590 g/mol. The first-order valence-electron chi connectivity index (χ1n) is 35.8. The number of halogens is 8. The summed E-state index contributed by atoms with van der Waals surface area (Å²) in [6.07, 6.45) is 12.8. The van der Waals surface area contributed by atoms with Crippen LogP contribution in [0, 0.1) is 23.4 Å². The van der Waals surface area contributed by atoms with Crippen molar-refractivity contribution < 1.29 is 41.9 Å². The van der Waals surface area contributed by atoms with E-state index in [2.05, 4.69) is 25.7 Å². The number of aromatic nitrogens is 8. The van der Waals surface area contributed by atoms with Gasteiger partial charge in [-0.15, -0.1) is 12.4 Å². The Kier molecular flexibility index (Phi) is 24.3. The van der Waals surface area contributed by atoms with E-state index in [0.717, 1.165) is 98.4 Å². The lowest BCUT2D eigenvalue weighted by molar-refractivity contribution is -0.154. The SMILES string of the molecule is Cl.Cn1ncc2c1Cc1cc(Cl)ccc1N(C(=O)c1ccc(CCC(=O)C3CC3)c(F)c1)C2.Cn1ncc2c1Cc1cc(Cl)ccc1N(C(=O)c1ccc(CCC(=O)OC(C)(C)C)c(F)c1)C2.Cn1ncc2c1Cc1cc(Cl)ccc1N(C(=O)c1ccc(CN)c(F)c1)C2.Cn1ncc2c1Cc1cc(Cl)ccc1NC2. The molecule has 0 bridgehead atoms. The Morgan fingerprint density at radius 2 is 0.809 bits per heavy atom. The first-order valence-corrected chi connectivity index (χ1v) is 37.3. The van der Waals surface area contributed by atoms with Crippen LogP contribution in [0.2, 0.25) is 20.1 Å². The Bertz CT molecular complexity index is 5370. The Hall–Kier alpha value is -10.1. The third-order valence-corrected chi connectivity index (χ3v) is 21.0. The predicted octanol–water partition coefficient (Wildman–Crippen LogP) is 16.5. The van der Waals surface area contributed by atoms with Crippen molar-refractivity contribution in [1.82, 2.24) is 39.1 Å². The summed E-state index contributed by atoms with van der Waals surface area (Å²) in [4.78, 5) is 69.1. The van der Waals surface area contributed by atoms with Gasteiger partial charge in [0.1, 0.15) is 28.8 Å². The van der Waals surface area contributed by atoms with E-state index in [1.165, 1.54) is 40.7 Å². The largest absolute Gasteiger partial charge is 0.460 e. The van der Waals surface area contributed by atoms with Gasteiger partial charge in [0.05, 0.1) is 44.4 Å². The van der Waals surface area contributed by atoms with Crippen molar-refractivity contribution in [3.8, 4) is 0 Å². The number of carbonyl (C=O) groups is 5. The zero-order chi connectivity index (χ0) is 77.3. The van der Waals surface area contributed by atoms with E-state index in [0.29, 0.717) is 83.5 Å². The van der Waals surface area contributed by atoms with E-state index in [-0.39, 0.29) is 83.9 Å². The number of rotatable bonds is 11. The second kappa shape index (κ2) is 33.6. The molecule has 1 aliphatic carbocycles. The summed E-state index contributed by atoms with van der Waals surface area (Å²) in [5, 5.41) is 23.2. The van der Waals surface area contributed by atoms with Gasteiger partial charge >= 0.3 is 5.97 Å². The van der Waals surface area contributed by atoms with E-state index < -0.39 is 23.1 Å². The lowest BCUT2D eigenvalue weighted by Gasteiger charge is -2.23. The highest BCUT2D eigenvalue weighted by Gasteiger charge is 2.33. The topological polar surface area (TPSA) is 214 Å². The highest BCUT2D eigenvalue weighted by atomic mass is 35.5. The molecule has 4 aromatic heterocycles. The molecule has 3 N–H and O–H groups in total. The van der Waals surface area contributed by atoms with E-state index in [1.54, 1.807) is 113 Å². The minimum atomic E-state index is -0.590. The Labute approximate surface area is 661 Å². The number of esters is 1. The van der Waals surface area contributed by atoms with Crippen molar-refractivity contribution >= 4 is 111 Å². The second-order valence-corrected chi connectivity index (χ2v) is 30.5. The molecule has 0 saturated heterocycles. The molecule has 110 heavy (non-hydrogen) atoms. The van der Waals surface area contributed by atoms with Gasteiger partial charge in [-0.2, -0.15) is 20.4 Å². The number of hydrogen-bond donors (Lipinski definition) is 2. The minimum absolute atomic E-state index is 0. The predicted molar refractivity (Wildman–Crippen MR) is 423 cm³/mol. The fraction of sp³-hybridized carbons (Fsp3) is 0.289. The van der Waals surface area contributed by atoms with Crippen LogP contribution in [0.25, 0.3) is 0 Å². The summed E-state index contributed by atoms with van der Waals surface area (Å²) in [6, 6.07) is 35.6. The molecule has 11 aromatic rings. The van der Waals surface area contributed by atoms with Crippen LogP contribution in [0.5, 0.6) is 0 Å². The van der Waals surface area contributed by atoms with Crippen molar-refractivity contribution in [3.63, 3.8) is 0 Å². The highest BCUT2D eigenvalue weighted by Crippen LogP contribution is 2.39. The van der Waals surface area contributed by atoms with Crippen molar-refractivity contribution in [2.24, 2.45) is 39.8 Å². The van der Waals surface area contributed by atoms with Crippen LogP contribution >= 0.6 is 58.8 Å². The van der Waals surface area contributed by atoms with E-state index >= 15 is 0 Å². The van der Waals surface area contributed by atoms with Gasteiger partial charge in [-0.3, -0.25) is 42.7 Å². The normalized spacial score (nSPS) is 13.7. The number of amides is 3. The Morgan fingerprint density at radius 1 is 0.464 bits per heavy atom. The van der Waals surface area contributed by atoms with Crippen LogP contribution < -0.4 is 25.8 Å². The first-order chi connectivity index (χ1) is 52.1. The smallest absolute Gasteiger partial charge is 0.306 e. The summed E-state index contributed by atoms with van der Waals surface area (Å²) < 4.78 is 56.5. The number of nitrogens with zero attached hydrogens (tertiary/aromatic N) is 11. The molecule has 0 unspecified atom stereocenters. The van der Waals surface area contributed by atoms with Crippen LogP contribution in [-0.4, -0.2) is 74.2 Å². The molecule has 4 aliphatic heterocycles. The number of carbonyl (C=O) groups excluding carboxylic acids is 5. The van der Waals surface area contributed by atoms with Gasteiger partial charge in [0, 0.05) is 196 Å². The molecule has 7 aromatic carbocycles. The highest BCUT2D eigenvalue weighted by molar-refractivity contribution is 6.32. The molecular weight excluding hydrogens is 1510 g/mol. The van der Waals surface area contributed by atoms with Crippen LogP contribution in [0.15, 0.2) is 152 Å². The van der Waals surface area contributed by atoms with Gasteiger partial charge in [-0.05, 0) is 189 Å². The van der Waals surface area contributed by atoms with Crippen molar-refractivity contribution in [2.75, 3.05) is 20.0 Å². The fourth-order valence-electron chi connectivity index (χ4n) is 14.0. The fourth-order valence-corrected chi connectivity index (χ4v) is 14.8. The first kappa shape index (κ1) is 79.5. The van der Waals surface area contributed by atoms with E-state index in [4.69, 9.17) is 56.9 Å². The van der Waals surface area contributed by atoms with Crippen molar-refractivity contribution in [1.29, 1.82) is 0 Å². The van der Waals surface area contributed by atoms with Crippen molar-refractivity contribution in [2.45, 2.75) is 123 Å². The molecule has 27 heteroatoms. The van der Waals surface area contributed by atoms with Crippen molar-refractivity contribution in [3.05, 3.63) is 290 Å². The molecule has 16 rings (SSSR count). The van der Waals surface area contributed by atoms with Gasteiger partial charge in [0.2, 0.25) is 0 Å². The van der Waals surface area contributed by atoms with Gasteiger partial charge in [0.25, 0.3) is 17.7 Å². The number of nitrogens with two attached hydrogens (primary N) is 1. The van der Waals surface area contributed by atoms with Gasteiger partial charge in [0.15, 0.2) is 0 Å². The molecule has 0 atom stereocenters. The average molecular weight is 1590 g/mol. The maximum absolute atomic E-state index is 14.9. The number of benzene rings is 7. The second-order valence-electron chi connectivity index (χ2n) is 28.8. The van der Waals surface area contributed by atoms with Gasteiger partial charge in [-0.1, -0.05) is 64.6 Å². The van der Waals surface area contributed by atoms with Crippen LogP contribution in [-0.2, 0) is 114 Å². The molecule has 570 valence electrons. The quantitative estimate of drug-likeness (QED) is 0.116. The third-order valence-electron chi connectivity index (χ3n) is 20.1. The standard InChI is InChI=1S/C26H27ClFN3O3.C25H23ClFN3O2.C20H18ClFN4O.C12H12ClN3.ClH/c1-26(2,3)34-24(32)10-7-16-5-6-17(12-21(16)28)25(33)31-15-19-14-29-30(4)23(19)13-18-11-20(27)8-9-22(18)31;1-29-23-12-18-10-20(26)7-8-22(18)30(14-19(23)13-28-29)25(32)17-5-2-15(21(27)11-17)6-9-24(31)16-3-4-16;1-25-19-8-14-6-16(21)4-5-18(14)26(11-15(19)10-24-25)20(27)12-2-3-13(9-23)17(22)7-12;1-16-12-5-8-4-10(13)2-3-11(8)14-6-9(12)7-15-16;/h5-6,8-9,11-12,14H,7,10,13,15H2,1-4H3;2,5,7-8,10-11,13,16H,3-4,6,9,12,14H2,1H3;2-7,10H,8-9,11,23H2,1H3;2-4,7,14H,5-6H2,1H3;1H. The molecule has 5 aliphatic rings. The third kappa shape index (κ3) is 18.0. The molecule has 8 heterocycles. The lowest BCUT2D eigenvalue weighted by atomic mass is 10.0.